The summed E-state index contributed by atoms with van der Waals surface area (Å²) >= 11 is 5.78. The number of halogens is 1. The van der Waals surface area contributed by atoms with Crippen molar-refractivity contribution >= 4 is 17.5 Å². The van der Waals surface area contributed by atoms with E-state index in [-0.39, 0.29) is 18.1 Å². The fourth-order valence-electron chi connectivity index (χ4n) is 2.02. The smallest absolute Gasteiger partial charge is 0.289 e. The molecule has 1 amide bonds. The van der Waals surface area contributed by atoms with Gasteiger partial charge in [-0.15, -0.1) is 11.6 Å². The van der Waals surface area contributed by atoms with Gasteiger partial charge >= 0.3 is 0 Å². The third-order valence-electron chi connectivity index (χ3n) is 3.16. The van der Waals surface area contributed by atoms with Crippen LogP contribution in [0.25, 0.3) is 0 Å². The first kappa shape index (κ1) is 13.4. The van der Waals surface area contributed by atoms with Crippen LogP contribution in [0, 0.1) is 0 Å². The van der Waals surface area contributed by atoms with E-state index in [4.69, 9.17) is 20.8 Å². The molecule has 18 heavy (non-hydrogen) atoms. The minimum Gasteiger partial charge on any atom is -0.456 e. The molecule has 1 aromatic rings. The SMILES string of the molecule is CCc1ccc(C(=O)N2CC(CCl)OCC2C)o1. The van der Waals surface area contributed by atoms with E-state index in [0.717, 1.165) is 12.2 Å². The molecule has 1 aromatic heterocycles. The number of alkyl halides is 1. The molecule has 2 unspecified atom stereocenters. The molecule has 0 N–H and O–H groups in total. The van der Waals surface area contributed by atoms with E-state index >= 15 is 0 Å². The maximum atomic E-state index is 12.3. The average molecular weight is 272 g/mol. The second-order valence-electron chi connectivity index (χ2n) is 4.54. The van der Waals surface area contributed by atoms with E-state index in [2.05, 4.69) is 0 Å². The van der Waals surface area contributed by atoms with E-state index in [9.17, 15) is 4.79 Å². The number of carbonyl (C=O) groups excluding carboxylic acids is 1. The summed E-state index contributed by atoms with van der Waals surface area (Å²) in [6, 6.07) is 3.63. The Balaban J connectivity index is 2.11. The highest BCUT2D eigenvalue weighted by Crippen LogP contribution is 2.18. The molecule has 0 spiro atoms. The Morgan fingerprint density at radius 1 is 1.56 bits per heavy atom. The average Bonchev–Trinajstić information content (AvgIpc) is 2.87. The number of ether oxygens (including phenoxy) is 1. The zero-order valence-electron chi connectivity index (χ0n) is 10.7. The Hall–Kier alpha value is -1.00. The fourth-order valence-corrected chi connectivity index (χ4v) is 2.20. The minimum atomic E-state index is -0.0903. The van der Waals surface area contributed by atoms with Crippen molar-refractivity contribution in [2.75, 3.05) is 19.0 Å². The van der Waals surface area contributed by atoms with E-state index < -0.39 is 0 Å². The van der Waals surface area contributed by atoms with Crippen LogP contribution in [0.2, 0.25) is 0 Å². The lowest BCUT2D eigenvalue weighted by Crippen LogP contribution is -2.51. The number of furan rings is 1. The molecule has 1 fully saturated rings. The van der Waals surface area contributed by atoms with Crippen LogP contribution in [0.15, 0.2) is 16.5 Å². The van der Waals surface area contributed by atoms with Crippen molar-refractivity contribution in [2.24, 2.45) is 0 Å². The van der Waals surface area contributed by atoms with Crippen LogP contribution in [-0.4, -0.2) is 42.0 Å². The Morgan fingerprint density at radius 3 is 2.94 bits per heavy atom. The third kappa shape index (κ3) is 2.70. The molecule has 0 radical (unpaired) electrons. The van der Waals surface area contributed by atoms with Crippen LogP contribution < -0.4 is 0 Å². The third-order valence-corrected chi connectivity index (χ3v) is 3.50. The zero-order valence-corrected chi connectivity index (χ0v) is 11.4. The summed E-state index contributed by atoms with van der Waals surface area (Å²) < 4.78 is 11.0. The summed E-state index contributed by atoms with van der Waals surface area (Å²) in [4.78, 5) is 14.1. The maximum absolute atomic E-state index is 12.3. The lowest BCUT2D eigenvalue weighted by atomic mass is 10.2. The predicted molar refractivity (Wildman–Crippen MR) is 69.0 cm³/mol. The van der Waals surface area contributed by atoms with Crippen molar-refractivity contribution < 1.29 is 13.9 Å². The normalized spacial score (nSPS) is 24.3. The van der Waals surface area contributed by atoms with E-state index in [1.54, 1.807) is 11.0 Å². The van der Waals surface area contributed by atoms with Gasteiger partial charge < -0.3 is 14.1 Å². The molecule has 2 heterocycles. The van der Waals surface area contributed by atoms with Crippen molar-refractivity contribution in [2.45, 2.75) is 32.4 Å². The number of carbonyl (C=O) groups is 1. The number of hydrogen-bond acceptors (Lipinski definition) is 3. The highest BCUT2D eigenvalue weighted by molar-refractivity contribution is 6.18. The fraction of sp³-hybridized carbons (Fsp3) is 0.615. The van der Waals surface area contributed by atoms with Crippen molar-refractivity contribution in [3.8, 4) is 0 Å². The van der Waals surface area contributed by atoms with Gasteiger partial charge in [-0.25, -0.2) is 0 Å². The first-order valence-corrected chi connectivity index (χ1v) is 6.76. The van der Waals surface area contributed by atoms with Crippen LogP contribution in [0.5, 0.6) is 0 Å². The monoisotopic (exact) mass is 271 g/mol. The van der Waals surface area contributed by atoms with Crippen LogP contribution in [0.1, 0.15) is 30.2 Å². The standard InChI is InChI=1S/C13H18ClNO3/c1-3-10-4-5-12(18-10)13(16)15-7-11(6-14)17-8-9(15)2/h4-5,9,11H,3,6-8H2,1-2H3. The maximum Gasteiger partial charge on any atom is 0.289 e. The zero-order chi connectivity index (χ0) is 13.1. The number of amides is 1. The summed E-state index contributed by atoms with van der Waals surface area (Å²) in [5, 5.41) is 0. The molecule has 100 valence electrons. The Kier molecular flexibility index (Phi) is 4.30. The second kappa shape index (κ2) is 5.76. The van der Waals surface area contributed by atoms with Gasteiger partial charge in [0, 0.05) is 13.0 Å². The number of aryl methyl sites for hydroxylation is 1. The number of hydrogen-bond donors (Lipinski definition) is 0. The molecule has 1 aliphatic heterocycles. The van der Waals surface area contributed by atoms with Gasteiger partial charge in [-0.3, -0.25) is 4.79 Å². The van der Waals surface area contributed by atoms with E-state index in [1.807, 2.05) is 19.9 Å². The lowest BCUT2D eigenvalue weighted by Gasteiger charge is -2.36. The number of morpholine rings is 1. The van der Waals surface area contributed by atoms with Crippen molar-refractivity contribution in [1.29, 1.82) is 0 Å². The van der Waals surface area contributed by atoms with Gasteiger partial charge in [0.05, 0.1) is 24.6 Å². The number of nitrogens with zero attached hydrogens (tertiary/aromatic N) is 1. The second-order valence-corrected chi connectivity index (χ2v) is 4.84. The van der Waals surface area contributed by atoms with Crippen LogP contribution in [0.4, 0.5) is 0 Å². The molecular weight excluding hydrogens is 254 g/mol. The molecule has 0 aromatic carbocycles. The summed E-state index contributed by atoms with van der Waals surface area (Å²) in [5.74, 6) is 1.54. The predicted octanol–water partition coefficient (Wildman–Crippen LogP) is 2.31. The topological polar surface area (TPSA) is 42.7 Å². The highest BCUT2D eigenvalue weighted by Gasteiger charge is 2.31. The molecule has 0 bridgehead atoms. The molecule has 1 aliphatic rings. The first-order valence-electron chi connectivity index (χ1n) is 6.23. The van der Waals surface area contributed by atoms with E-state index in [0.29, 0.717) is 24.8 Å². The molecule has 0 aliphatic carbocycles. The largest absolute Gasteiger partial charge is 0.456 e. The molecule has 1 saturated heterocycles. The van der Waals surface area contributed by atoms with Gasteiger partial charge in [0.2, 0.25) is 0 Å². The molecule has 5 heteroatoms. The van der Waals surface area contributed by atoms with E-state index in [1.165, 1.54) is 0 Å². The Bertz CT molecular complexity index is 418. The molecule has 2 atom stereocenters. The van der Waals surface area contributed by atoms with Crippen LogP contribution in [-0.2, 0) is 11.2 Å². The summed E-state index contributed by atoms with van der Waals surface area (Å²) in [5.41, 5.74) is 0. The van der Waals surface area contributed by atoms with Gasteiger partial charge in [0.25, 0.3) is 5.91 Å². The molecule has 4 nitrogen and oxygen atoms in total. The van der Waals surface area contributed by atoms with Crippen LogP contribution >= 0.6 is 11.6 Å². The minimum absolute atomic E-state index is 0.0483. The van der Waals surface area contributed by atoms with Crippen molar-refractivity contribution in [3.63, 3.8) is 0 Å². The first-order chi connectivity index (χ1) is 8.65. The quantitative estimate of drug-likeness (QED) is 0.793. The molecule has 0 saturated carbocycles. The van der Waals surface area contributed by atoms with Gasteiger partial charge in [0.1, 0.15) is 5.76 Å². The molecular formula is C13H18ClNO3. The highest BCUT2D eigenvalue weighted by atomic mass is 35.5. The van der Waals surface area contributed by atoms with Crippen molar-refractivity contribution in [3.05, 3.63) is 23.7 Å². The van der Waals surface area contributed by atoms with Gasteiger partial charge in [-0.05, 0) is 19.1 Å². The van der Waals surface area contributed by atoms with Gasteiger partial charge in [-0.1, -0.05) is 6.92 Å². The summed E-state index contributed by atoms with van der Waals surface area (Å²) in [6.07, 6.45) is 0.698. The molecule has 2 rings (SSSR count). The number of rotatable bonds is 3. The van der Waals surface area contributed by atoms with Crippen molar-refractivity contribution in [1.82, 2.24) is 4.90 Å². The van der Waals surface area contributed by atoms with Crippen LogP contribution in [0.3, 0.4) is 0 Å². The summed E-state index contributed by atoms with van der Waals surface area (Å²) in [7, 11) is 0. The lowest BCUT2D eigenvalue weighted by molar-refractivity contribution is -0.0381. The van der Waals surface area contributed by atoms with Gasteiger partial charge in [0.15, 0.2) is 5.76 Å². The van der Waals surface area contributed by atoms with Gasteiger partial charge in [-0.2, -0.15) is 0 Å². The Morgan fingerprint density at radius 2 is 2.33 bits per heavy atom. The Labute approximate surface area is 112 Å². The summed E-state index contributed by atoms with van der Waals surface area (Å²) in [6.45, 7) is 5.00.